The van der Waals surface area contributed by atoms with Gasteiger partial charge in [-0.15, -0.1) is 5.10 Å². The number of anilines is 1. The van der Waals surface area contributed by atoms with Gasteiger partial charge in [0, 0.05) is 55.0 Å². The van der Waals surface area contributed by atoms with Crippen LogP contribution in [0.1, 0.15) is 32.2 Å². The quantitative estimate of drug-likeness (QED) is 0.664. The molecule has 2 aromatic heterocycles. The summed E-state index contributed by atoms with van der Waals surface area (Å²) in [4.78, 5) is 16.9. The summed E-state index contributed by atoms with van der Waals surface area (Å²) in [5, 5.41) is 15.8. The minimum absolute atomic E-state index is 0.0389. The van der Waals surface area contributed by atoms with Crippen molar-refractivity contribution in [2.75, 3.05) is 37.6 Å². The second kappa shape index (κ2) is 8.14. The van der Waals surface area contributed by atoms with Crippen molar-refractivity contribution >= 4 is 16.6 Å². The molecule has 1 fully saturated rings. The van der Waals surface area contributed by atoms with Crippen molar-refractivity contribution in [1.82, 2.24) is 24.9 Å². The maximum absolute atomic E-state index is 12.2. The van der Waals surface area contributed by atoms with Crippen molar-refractivity contribution in [2.45, 2.75) is 39.7 Å². The highest BCUT2D eigenvalue weighted by molar-refractivity contribution is 5.93. The third-order valence-electron chi connectivity index (χ3n) is 5.79. The van der Waals surface area contributed by atoms with Gasteiger partial charge in [-0.2, -0.15) is 10.2 Å². The highest BCUT2D eigenvalue weighted by Crippen LogP contribution is 2.26. The van der Waals surface area contributed by atoms with E-state index in [0.717, 1.165) is 60.7 Å². The molecule has 7 nitrogen and oxygen atoms in total. The first kappa shape index (κ1) is 20.5. The van der Waals surface area contributed by atoms with Crippen molar-refractivity contribution in [3.05, 3.63) is 58.1 Å². The van der Waals surface area contributed by atoms with E-state index in [1.807, 2.05) is 19.1 Å². The van der Waals surface area contributed by atoms with Gasteiger partial charge in [0.25, 0.3) is 5.56 Å². The zero-order valence-corrected chi connectivity index (χ0v) is 18.3. The van der Waals surface area contributed by atoms with Crippen LogP contribution in [-0.2, 0) is 12.0 Å². The molecule has 1 aliphatic rings. The number of benzene rings is 1. The molecule has 0 unspecified atom stereocenters. The Morgan fingerprint density at radius 2 is 1.60 bits per heavy atom. The second-order valence-corrected chi connectivity index (χ2v) is 9.01. The molecule has 3 heterocycles. The Balaban J connectivity index is 1.41. The predicted molar refractivity (Wildman–Crippen MR) is 120 cm³/mol. The summed E-state index contributed by atoms with van der Waals surface area (Å²) in [6, 6.07) is 11.8. The van der Waals surface area contributed by atoms with Crippen LogP contribution in [0.2, 0.25) is 0 Å². The molecule has 0 bridgehead atoms. The molecule has 0 aliphatic carbocycles. The summed E-state index contributed by atoms with van der Waals surface area (Å²) < 4.78 is 1.60. The van der Waals surface area contributed by atoms with E-state index in [9.17, 15) is 4.79 Å². The van der Waals surface area contributed by atoms with Crippen molar-refractivity contribution in [3.63, 3.8) is 0 Å². The van der Waals surface area contributed by atoms with Gasteiger partial charge in [-0.3, -0.25) is 9.69 Å². The largest absolute Gasteiger partial charge is 0.352 e. The van der Waals surface area contributed by atoms with Crippen molar-refractivity contribution in [1.29, 1.82) is 0 Å². The van der Waals surface area contributed by atoms with E-state index in [1.165, 1.54) is 0 Å². The SMILES string of the molecule is Cc1nnc(N2CCN(CCn3nc(C(C)(C)C)ccc3=O)CC2)c2ccccc12. The fourth-order valence-electron chi connectivity index (χ4n) is 3.89. The smallest absolute Gasteiger partial charge is 0.266 e. The van der Waals surface area contributed by atoms with Gasteiger partial charge in [-0.05, 0) is 13.0 Å². The monoisotopic (exact) mass is 406 g/mol. The first-order valence-electron chi connectivity index (χ1n) is 10.6. The van der Waals surface area contributed by atoms with Crippen molar-refractivity contribution < 1.29 is 0 Å². The van der Waals surface area contributed by atoms with Gasteiger partial charge in [-0.1, -0.05) is 45.0 Å². The fraction of sp³-hybridized carbons (Fsp3) is 0.478. The molecule has 1 saturated heterocycles. The standard InChI is InChI=1S/C23H30N6O/c1-17-18-7-5-6-8-19(18)22(25-24-17)28-14-11-27(12-15-28)13-16-29-21(30)10-9-20(26-29)23(2,3)4/h5-10H,11-16H2,1-4H3. The molecule has 0 saturated carbocycles. The second-order valence-electron chi connectivity index (χ2n) is 9.01. The van der Waals surface area contributed by atoms with Gasteiger partial charge in [0.2, 0.25) is 0 Å². The van der Waals surface area contributed by atoms with Gasteiger partial charge >= 0.3 is 0 Å². The molecule has 30 heavy (non-hydrogen) atoms. The van der Waals surface area contributed by atoms with Gasteiger partial charge in [0.05, 0.1) is 17.9 Å². The topological polar surface area (TPSA) is 67.2 Å². The first-order chi connectivity index (χ1) is 14.3. The summed E-state index contributed by atoms with van der Waals surface area (Å²) in [6.07, 6.45) is 0. The summed E-state index contributed by atoms with van der Waals surface area (Å²) in [5.74, 6) is 0.964. The van der Waals surface area contributed by atoms with Crippen LogP contribution >= 0.6 is 0 Å². The Labute approximate surface area is 177 Å². The Kier molecular flexibility index (Phi) is 5.56. The van der Waals surface area contributed by atoms with E-state index >= 15 is 0 Å². The molecule has 0 spiro atoms. The van der Waals surface area contributed by atoms with E-state index < -0.39 is 0 Å². The molecule has 1 aromatic carbocycles. The number of rotatable bonds is 4. The number of fused-ring (bicyclic) bond motifs is 1. The highest BCUT2D eigenvalue weighted by atomic mass is 16.1. The van der Waals surface area contributed by atoms with Crippen LogP contribution in [0.25, 0.3) is 10.8 Å². The van der Waals surface area contributed by atoms with Gasteiger partial charge in [0.1, 0.15) is 0 Å². The van der Waals surface area contributed by atoms with Crippen LogP contribution in [0, 0.1) is 6.92 Å². The van der Waals surface area contributed by atoms with Crippen LogP contribution in [-0.4, -0.2) is 57.6 Å². The van der Waals surface area contributed by atoms with Gasteiger partial charge in [0.15, 0.2) is 5.82 Å². The summed E-state index contributed by atoms with van der Waals surface area (Å²) in [7, 11) is 0. The van der Waals surface area contributed by atoms with Crippen molar-refractivity contribution in [2.24, 2.45) is 0 Å². The lowest BCUT2D eigenvalue weighted by Crippen LogP contribution is -2.48. The van der Waals surface area contributed by atoms with Crippen LogP contribution in [0.15, 0.2) is 41.2 Å². The van der Waals surface area contributed by atoms with E-state index in [2.05, 4.69) is 64.1 Å². The van der Waals surface area contributed by atoms with Crippen LogP contribution in [0.5, 0.6) is 0 Å². The van der Waals surface area contributed by atoms with E-state index in [1.54, 1.807) is 10.7 Å². The Morgan fingerprint density at radius 3 is 2.30 bits per heavy atom. The van der Waals surface area contributed by atoms with E-state index in [-0.39, 0.29) is 11.0 Å². The molecule has 0 radical (unpaired) electrons. The molecule has 1 aliphatic heterocycles. The summed E-state index contributed by atoms with van der Waals surface area (Å²) in [6.45, 7) is 13.4. The predicted octanol–water partition coefficient (Wildman–Crippen LogP) is 2.61. The van der Waals surface area contributed by atoms with E-state index in [4.69, 9.17) is 0 Å². The van der Waals surface area contributed by atoms with Crippen LogP contribution in [0.3, 0.4) is 0 Å². The first-order valence-corrected chi connectivity index (χ1v) is 10.6. The molecule has 0 atom stereocenters. The number of nitrogens with zero attached hydrogens (tertiary/aromatic N) is 6. The van der Waals surface area contributed by atoms with Crippen LogP contribution in [0.4, 0.5) is 5.82 Å². The molecule has 3 aromatic rings. The Hall–Kier alpha value is -2.80. The molecular weight excluding hydrogens is 376 g/mol. The molecule has 4 rings (SSSR count). The summed E-state index contributed by atoms with van der Waals surface area (Å²) >= 11 is 0. The molecule has 7 heteroatoms. The van der Waals surface area contributed by atoms with Gasteiger partial charge in [-0.25, -0.2) is 4.68 Å². The molecule has 158 valence electrons. The zero-order valence-electron chi connectivity index (χ0n) is 18.3. The normalized spacial score (nSPS) is 15.7. The minimum Gasteiger partial charge on any atom is -0.352 e. The van der Waals surface area contributed by atoms with Gasteiger partial charge < -0.3 is 4.90 Å². The average molecular weight is 407 g/mol. The number of aromatic nitrogens is 4. The molecule has 0 amide bonds. The highest BCUT2D eigenvalue weighted by Gasteiger charge is 2.21. The Bertz CT molecular complexity index is 1090. The number of aryl methyl sites for hydroxylation is 1. The lowest BCUT2D eigenvalue weighted by molar-refractivity contribution is 0.241. The average Bonchev–Trinajstić information content (AvgIpc) is 2.73. The number of piperazine rings is 1. The fourth-order valence-corrected chi connectivity index (χ4v) is 3.89. The molecular formula is C23H30N6O. The molecule has 0 N–H and O–H groups in total. The third-order valence-corrected chi connectivity index (χ3v) is 5.79. The van der Waals surface area contributed by atoms with Crippen molar-refractivity contribution in [3.8, 4) is 0 Å². The minimum atomic E-state index is -0.0705. The zero-order chi connectivity index (χ0) is 21.3. The maximum Gasteiger partial charge on any atom is 0.266 e. The summed E-state index contributed by atoms with van der Waals surface area (Å²) in [5.41, 5.74) is 1.79. The number of hydrogen-bond acceptors (Lipinski definition) is 6. The lowest BCUT2D eigenvalue weighted by Gasteiger charge is -2.35. The van der Waals surface area contributed by atoms with E-state index in [0.29, 0.717) is 6.54 Å². The third kappa shape index (κ3) is 4.21. The maximum atomic E-state index is 12.2. The van der Waals surface area contributed by atoms with Crippen LogP contribution < -0.4 is 10.5 Å². The Morgan fingerprint density at radius 1 is 0.900 bits per heavy atom. The number of hydrogen-bond donors (Lipinski definition) is 0. The lowest BCUT2D eigenvalue weighted by atomic mass is 9.92.